The van der Waals surface area contributed by atoms with Crippen LogP contribution in [0, 0.1) is 13.8 Å². The Morgan fingerprint density at radius 2 is 1.86 bits per heavy atom. The van der Waals surface area contributed by atoms with E-state index in [2.05, 4.69) is 71.4 Å². The van der Waals surface area contributed by atoms with Gasteiger partial charge in [0.2, 0.25) is 0 Å². The van der Waals surface area contributed by atoms with Crippen molar-refractivity contribution in [1.29, 1.82) is 0 Å². The number of nitrogens with zero attached hydrogens (tertiary/aromatic N) is 2. The molecule has 0 radical (unpaired) electrons. The summed E-state index contributed by atoms with van der Waals surface area (Å²) in [6, 6.07) is 9.15. The summed E-state index contributed by atoms with van der Waals surface area (Å²) in [7, 11) is 0. The van der Waals surface area contributed by atoms with E-state index in [1.54, 1.807) is 0 Å². The quantitative estimate of drug-likeness (QED) is 0.818. The van der Waals surface area contributed by atoms with Gasteiger partial charge in [0.05, 0.1) is 21.5 Å². The summed E-state index contributed by atoms with van der Waals surface area (Å²) < 4.78 is 3.08. The number of halogens is 1. The van der Waals surface area contributed by atoms with E-state index < -0.39 is 0 Å². The minimum absolute atomic E-state index is 0.436. The fourth-order valence-corrected chi connectivity index (χ4v) is 2.79. The molecule has 0 saturated heterocycles. The first-order valence-corrected chi connectivity index (χ1v) is 8.43. The minimum Gasteiger partial charge on any atom is -0.310 e. The first-order chi connectivity index (χ1) is 10.1. The number of aryl methyl sites for hydroxylation is 1. The maximum absolute atomic E-state index is 4.58. The highest BCUT2D eigenvalue weighted by Gasteiger charge is 2.12. The molecule has 0 aliphatic carbocycles. The smallest absolute Gasteiger partial charge is 0.0743 e. The maximum Gasteiger partial charge on any atom is 0.0743 e. The molecule has 0 aliphatic rings. The zero-order valence-corrected chi connectivity index (χ0v) is 14.9. The predicted molar refractivity (Wildman–Crippen MR) is 92.1 cm³/mol. The number of benzene rings is 1. The lowest BCUT2D eigenvalue weighted by molar-refractivity contribution is 0.518. The predicted octanol–water partition coefficient (Wildman–Crippen LogP) is 4.70. The van der Waals surface area contributed by atoms with E-state index in [0.29, 0.717) is 6.04 Å². The molecule has 2 rings (SSSR count). The van der Waals surface area contributed by atoms with Crippen molar-refractivity contribution < 1.29 is 0 Å². The van der Waals surface area contributed by atoms with Crippen LogP contribution in [0.25, 0.3) is 5.69 Å². The third kappa shape index (κ3) is 3.55. The topological polar surface area (TPSA) is 29.9 Å². The van der Waals surface area contributed by atoms with Gasteiger partial charge in [-0.25, -0.2) is 4.68 Å². The number of aromatic nitrogens is 2. The molecule has 1 atom stereocenters. The van der Waals surface area contributed by atoms with Crippen molar-refractivity contribution in [1.82, 2.24) is 15.1 Å². The van der Waals surface area contributed by atoms with E-state index in [9.17, 15) is 0 Å². The molecule has 0 bridgehead atoms. The minimum atomic E-state index is 0.436. The van der Waals surface area contributed by atoms with Gasteiger partial charge in [-0.2, -0.15) is 5.10 Å². The fourth-order valence-electron chi connectivity index (χ4n) is 2.54. The standard InChI is InChI=1S/C17H24BrN3/c1-5-11-19-16(6-2)14-7-9-15(10-8-14)21-13(4)17(18)12(3)20-21/h7-10,16,19H,5-6,11H2,1-4H3. The molecule has 114 valence electrons. The summed E-state index contributed by atoms with van der Waals surface area (Å²) in [6.07, 6.45) is 2.26. The molecule has 1 heterocycles. The van der Waals surface area contributed by atoms with Crippen LogP contribution in [0.15, 0.2) is 28.7 Å². The second kappa shape index (κ2) is 7.23. The van der Waals surface area contributed by atoms with E-state index in [4.69, 9.17) is 0 Å². The summed E-state index contributed by atoms with van der Waals surface area (Å²) in [5.74, 6) is 0. The van der Waals surface area contributed by atoms with Gasteiger partial charge in [0.1, 0.15) is 0 Å². The van der Waals surface area contributed by atoms with Crippen molar-refractivity contribution in [3.05, 3.63) is 45.7 Å². The average molecular weight is 350 g/mol. The molecular formula is C17H24BrN3. The lowest BCUT2D eigenvalue weighted by atomic mass is 10.0. The van der Waals surface area contributed by atoms with Gasteiger partial charge in [0.25, 0.3) is 0 Å². The van der Waals surface area contributed by atoms with Gasteiger partial charge in [-0.1, -0.05) is 26.0 Å². The molecule has 21 heavy (non-hydrogen) atoms. The molecule has 0 spiro atoms. The van der Waals surface area contributed by atoms with Crippen molar-refractivity contribution in [2.45, 2.75) is 46.6 Å². The first-order valence-electron chi connectivity index (χ1n) is 7.63. The molecule has 0 aliphatic heterocycles. The third-order valence-corrected chi connectivity index (χ3v) is 4.94. The van der Waals surface area contributed by atoms with E-state index in [1.165, 1.54) is 5.56 Å². The molecule has 2 aromatic rings. The Kier molecular flexibility index (Phi) is 5.59. The molecular weight excluding hydrogens is 326 g/mol. The molecule has 1 aromatic heterocycles. The van der Waals surface area contributed by atoms with Crippen LogP contribution < -0.4 is 5.32 Å². The Labute approximate surface area is 135 Å². The van der Waals surface area contributed by atoms with Crippen LogP contribution in [0.3, 0.4) is 0 Å². The average Bonchev–Trinajstić information content (AvgIpc) is 2.76. The van der Waals surface area contributed by atoms with Crippen molar-refractivity contribution in [2.24, 2.45) is 0 Å². The van der Waals surface area contributed by atoms with Crippen LogP contribution in [0.1, 0.15) is 49.7 Å². The summed E-state index contributed by atoms with van der Waals surface area (Å²) >= 11 is 3.58. The monoisotopic (exact) mass is 349 g/mol. The normalized spacial score (nSPS) is 12.6. The molecule has 3 nitrogen and oxygen atoms in total. The lowest BCUT2D eigenvalue weighted by Crippen LogP contribution is -2.21. The van der Waals surface area contributed by atoms with Gasteiger partial charge >= 0.3 is 0 Å². The molecule has 1 N–H and O–H groups in total. The van der Waals surface area contributed by atoms with Crippen LogP contribution in [0.5, 0.6) is 0 Å². The number of nitrogens with one attached hydrogen (secondary N) is 1. The zero-order chi connectivity index (χ0) is 15.4. The van der Waals surface area contributed by atoms with Crippen LogP contribution in [0.4, 0.5) is 0 Å². The Balaban J connectivity index is 2.23. The van der Waals surface area contributed by atoms with Crippen molar-refractivity contribution >= 4 is 15.9 Å². The Bertz CT molecular complexity index is 587. The Hall–Kier alpha value is -1.13. The summed E-state index contributed by atoms with van der Waals surface area (Å²) in [4.78, 5) is 0. The summed E-state index contributed by atoms with van der Waals surface area (Å²) in [5, 5.41) is 8.17. The Morgan fingerprint density at radius 1 is 1.19 bits per heavy atom. The molecule has 1 aromatic carbocycles. The number of rotatable bonds is 6. The van der Waals surface area contributed by atoms with E-state index in [-0.39, 0.29) is 0 Å². The first kappa shape index (κ1) is 16.2. The number of hydrogen-bond donors (Lipinski definition) is 1. The third-order valence-electron chi connectivity index (χ3n) is 3.79. The zero-order valence-electron chi connectivity index (χ0n) is 13.3. The van der Waals surface area contributed by atoms with Gasteiger partial charge in [0, 0.05) is 6.04 Å². The van der Waals surface area contributed by atoms with Gasteiger partial charge in [-0.15, -0.1) is 0 Å². The summed E-state index contributed by atoms with van der Waals surface area (Å²) in [6.45, 7) is 9.58. The SMILES string of the molecule is CCCNC(CC)c1ccc(-n2nc(C)c(Br)c2C)cc1. The van der Waals surface area contributed by atoms with Crippen LogP contribution in [0.2, 0.25) is 0 Å². The molecule has 0 amide bonds. The van der Waals surface area contributed by atoms with Crippen molar-refractivity contribution in [3.8, 4) is 5.69 Å². The van der Waals surface area contributed by atoms with Crippen molar-refractivity contribution in [3.63, 3.8) is 0 Å². The van der Waals surface area contributed by atoms with Crippen LogP contribution in [-0.4, -0.2) is 16.3 Å². The van der Waals surface area contributed by atoms with Gasteiger partial charge in [-0.05, 0) is 66.9 Å². The highest BCUT2D eigenvalue weighted by Crippen LogP contribution is 2.24. The summed E-state index contributed by atoms with van der Waals surface area (Å²) in [5.41, 5.74) is 4.61. The van der Waals surface area contributed by atoms with Crippen LogP contribution in [-0.2, 0) is 0 Å². The second-order valence-electron chi connectivity index (χ2n) is 5.40. The largest absolute Gasteiger partial charge is 0.310 e. The molecule has 0 saturated carbocycles. The van der Waals surface area contributed by atoms with Gasteiger partial charge < -0.3 is 5.32 Å². The lowest BCUT2D eigenvalue weighted by Gasteiger charge is -2.17. The number of hydrogen-bond acceptors (Lipinski definition) is 2. The highest BCUT2D eigenvalue weighted by atomic mass is 79.9. The second-order valence-corrected chi connectivity index (χ2v) is 6.20. The van der Waals surface area contributed by atoms with E-state index in [0.717, 1.165) is 40.9 Å². The van der Waals surface area contributed by atoms with Gasteiger partial charge in [0.15, 0.2) is 0 Å². The van der Waals surface area contributed by atoms with Gasteiger partial charge in [-0.3, -0.25) is 0 Å². The highest BCUT2D eigenvalue weighted by molar-refractivity contribution is 9.10. The van der Waals surface area contributed by atoms with E-state index >= 15 is 0 Å². The van der Waals surface area contributed by atoms with Crippen molar-refractivity contribution in [2.75, 3.05) is 6.54 Å². The van der Waals surface area contributed by atoms with E-state index in [1.807, 2.05) is 11.6 Å². The molecule has 1 unspecified atom stereocenters. The maximum atomic E-state index is 4.58. The molecule has 4 heteroatoms. The Morgan fingerprint density at radius 3 is 2.33 bits per heavy atom. The fraction of sp³-hybridized carbons (Fsp3) is 0.471. The van der Waals surface area contributed by atoms with Crippen LogP contribution >= 0.6 is 15.9 Å². The molecule has 0 fully saturated rings.